The number of ether oxygens (including phenoxy) is 3. The fourth-order valence-electron chi connectivity index (χ4n) is 2.77. The number of carbonyl (C=O) groups is 1. The van der Waals surface area contributed by atoms with E-state index in [0.29, 0.717) is 36.8 Å². The van der Waals surface area contributed by atoms with Gasteiger partial charge in [0.15, 0.2) is 18.1 Å². The van der Waals surface area contributed by atoms with Crippen molar-refractivity contribution in [1.82, 2.24) is 4.90 Å². The Labute approximate surface area is 145 Å². The normalized spacial score (nSPS) is 17.2. The maximum Gasteiger partial charge on any atom is 0.260 e. The number of hydrogen-bond donors (Lipinski definition) is 0. The molecule has 1 aliphatic heterocycles. The first-order valence-electron chi connectivity index (χ1n) is 8.08. The zero-order valence-electron chi connectivity index (χ0n) is 14.0. The number of amides is 1. The molecule has 0 spiro atoms. The van der Waals surface area contributed by atoms with E-state index in [-0.39, 0.29) is 18.3 Å². The Balaban J connectivity index is 1.61. The molecule has 0 N–H and O–H groups in total. The highest BCUT2D eigenvalue weighted by Crippen LogP contribution is 2.27. The fourth-order valence-corrected chi connectivity index (χ4v) is 2.77. The summed E-state index contributed by atoms with van der Waals surface area (Å²) in [5.74, 6) is 0.585. The minimum Gasteiger partial charge on any atom is -0.493 e. The number of rotatable bonds is 5. The Kier molecular flexibility index (Phi) is 5.50. The van der Waals surface area contributed by atoms with Crippen LogP contribution in [0.1, 0.15) is 11.7 Å². The predicted octanol–water partition coefficient (Wildman–Crippen LogP) is 2.81. The van der Waals surface area contributed by atoms with Crippen LogP contribution in [0.5, 0.6) is 11.5 Å². The SMILES string of the molecule is COc1ccccc1OCC(=O)N1CCO[C@@H](c2ccccc2F)C1. The van der Waals surface area contributed by atoms with Crippen molar-refractivity contribution in [3.8, 4) is 11.5 Å². The average molecular weight is 345 g/mol. The molecule has 1 heterocycles. The molecule has 0 radical (unpaired) electrons. The van der Waals surface area contributed by atoms with Crippen LogP contribution in [-0.4, -0.2) is 44.2 Å². The molecule has 0 bridgehead atoms. The number of halogens is 1. The molecule has 0 aromatic heterocycles. The molecular formula is C19H20FNO4. The zero-order chi connectivity index (χ0) is 17.6. The van der Waals surface area contributed by atoms with Crippen molar-refractivity contribution in [2.75, 3.05) is 33.4 Å². The predicted molar refractivity (Wildman–Crippen MR) is 90.2 cm³/mol. The zero-order valence-corrected chi connectivity index (χ0v) is 14.0. The number of nitrogens with zero attached hydrogens (tertiary/aromatic N) is 1. The topological polar surface area (TPSA) is 48.0 Å². The van der Waals surface area contributed by atoms with Crippen LogP contribution >= 0.6 is 0 Å². The van der Waals surface area contributed by atoms with Crippen molar-refractivity contribution in [3.63, 3.8) is 0 Å². The maximum atomic E-state index is 13.9. The van der Waals surface area contributed by atoms with Crippen LogP contribution in [0.3, 0.4) is 0 Å². The highest BCUT2D eigenvalue weighted by molar-refractivity contribution is 5.78. The van der Waals surface area contributed by atoms with Gasteiger partial charge < -0.3 is 19.1 Å². The van der Waals surface area contributed by atoms with E-state index in [9.17, 15) is 9.18 Å². The van der Waals surface area contributed by atoms with Gasteiger partial charge in [-0.15, -0.1) is 0 Å². The summed E-state index contributed by atoms with van der Waals surface area (Å²) in [5, 5.41) is 0. The number of carbonyl (C=O) groups excluding carboxylic acids is 1. The lowest BCUT2D eigenvalue weighted by Gasteiger charge is -2.33. The van der Waals surface area contributed by atoms with Crippen LogP contribution in [0.2, 0.25) is 0 Å². The van der Waals surface area contributed by atoms with Crippen molar-refractivity contribution < 1.29 is 23.4 Å². The van der Waals surface area contributed by atoms with Crippen LogP contribution in [0.15, 0.2) is 48.5 Å². The smallest absolute Gasteiger partial charge is 0.260 e. The van der Waals surface area contributed by atoms with Gasteiger partial charge in [-0.3, -0.25) is 4.79 Å². The summed E-state index contributed by atoms with van der Waals surface area (Å²) in [6, 6.07) is 13.6. The molecule has 2 aromatic carbocycles. The second-order valence-corrected chi connectivity index (χ2v) is 5.66. The maximum absolute atomic E-state index is 13.9. The van der Waals surface area contributed by atoms with Crippen LogP contribution in [-0.2, 0) is 9.53 Å². The third-order valence-corrected chi connectivity index (χ3v) is 4.09. The first-order valence-corrected chi connectivity index (χ1v) is 8.08. The third-order valence-electron chi connectivity index (χ3n) is 4.09. The monoisotopic (exact) mass is 345 g/mol. The van der Waals surface area contributed by atoms with Gasteiger partial charge in [-0.25, -0.2) is 4.39 Å². The molecule has 25 heavy (non-hydrogen) atoms. The standard InChI is InChI=1S/C19H20FNO4/c1-23-16-8-4-5-9-17(16)25-13-19(22)21-10-11-24-18(12-21)14-6-2-3-7-15(14)20/h2-9,18H,10-13H2,1H3/t18-/m1/s1. The van der Waals surface area contributed by atoms with Crippen LogP contribution in [0.4, 0.5) is 4.39 Å². The highest BCUT2D eigenvalue weighted by atomic mass is 19.1. The lowest BCUT2D eigenvalue weighted by molar-refractivity contribution is -0.141. The summed E-state index contributed by atoms with van der Waals surface area (Å²) in [7, 11) is 1.55. The van der Waals surface area contributed by atoms with E-state index in [1.165, 1.54) is 6.07 Å². The van der Waals surface area contributed by atoms with E-state index in [0.717, 1.165) is 0 Å². The minimum atomic E-state index is -0.467. The lowest BCUT2D eigenvalue weighted by Crippen LogP contribution is -2.44. The van der Waals surface area contributed by atoms with Gasteiger partial charge in [0.1, 0.15) is 11.9 Å². The van der Waals surface area contributed by atoms with Crippen molar-refractivity contribution in [2.45, 2.75) is 6.10 Å². The van der Waals surface area contributed by atoms with Crippen LogP contribution < -0.4 is 9.47 Å². The molecule has 0 aliphatic carbocycles. The number of morpholine rings is 1. The van der Waals surface area contributed by atoms with Gasteiger partial charge >= 0.3 is 0 Å². The van der Waals surface area contributed by atoms with Gasteiger partial charge in [-0.2, -0.15) is 0 Å². The summed E-state index contributed by atoms with van der Waals surface area (Å²) >= 11 is 0. The molecule has 0 saturated carbocycles. The van der Waals surface area contributed by atoms with E-state index in [2.05, 4.69) is 0 Å². The van der Waals surface area contributed by atoms with Gasteiger partial charge in [-0.05, 0) is 18.2 Å². The average Bonchev–Trinajstić information content (AvgIpc) is 2.66. The minimum absolute atomic E-state index is 0.107. The summed E-state index contributed by atoms with van der Waals surface area (Å²) in [4.78, 5) is 14.1. The molecule has 1 saturated heterocycles. The summed E-state index contributed by atoms with van der Waals surface area (Å²) < 4.78 is 30.3. The molecule has 1 fully saturated rings. The Morgan fingerprint density at radius 1 is 1.20 bits per heavy atom. The molecule has 6 heteroatoms. The second kappa shape index (κ2) is 7.98. The van der Waals surface area contributed by atoms with Gasteiger partial charge in [-0.1, -0.05) is 30.3 Å². The van der Waals surface area contributed by atoms with E-state index in [1.807, 2.05) is 12.1 Å². The number of methoxy groups -OCH3 is 1. The second-order valence-electron chi connectivity index (χ2n) is 5.66. The number of hydrogen-bond acceptors (Lipinski definition) is 4. The molecule has 1 amide bonds. The Bertz CT molecular complexity index is 737. The fraction of sp³-hybridized carbons (Fsp3) is 0.316. The van der Waals surface area contributed by atoms with E-state index < -0.39 is 6.10 Å². The molecule has 132 valence electrons. The lowest BCUT2D eigenvalue weighted by atomic mass is 10.1. The van der Waals surface area contributed by atoms with E-state index in [1.54, 1.807) is 42.3 Å². The largest absolute Gasteiger partial charge is 0.493 e. The van der Waals surface area contributed by atoms with Crippen molar-refractivity contribution in [3.05, 3.63) is 59.9 Å². The molecule has 1 atom stereocenters. The first-order chi connectivity index (χ1) is 12.2. The summed E-state index contributed by atoms with van der Waals surface area (Å²) in [6.07, 6.45) is -0.467. The van der Waals surface area contributed by atoms with Gasteiger partial charge in [0.2, 0.25) is 0 Å². The first kappa shape index (κ1) is 17.2. The summed E-state index contributed by atoms with van der Waals surface area (Å²) in [6.45, 7) is 1.01. The molecule has 0 unspecified atom stereocenters. The highest BCUT2D eigenvalue weighted by Gasteiger charge is 2.27. The van der Waals surface area contributed by atoms with Crippen molar-refractivity contribution in [1.29, 1.82) is 0 Å². The molecule has 2 aromatic rings. The molecule has 1 aliphatic rings. The molecule has 5 nitrogen and oxygen atoms in total. The quantitative estimate of drug-likeness (QED) is 0.836. The van der Waals surface area contributed by atoms with Gasteiger partial charge in [0.25, 0.3) is 5.91 Å². The number of para-hydroxylation sites is 2. The van der Waals surface area contributed by atoms with E-state index >= 15 is 0 Å². The molecular weight excluding hydrogens is 325 g/mol. The number of benzene rings is 2. The van der Waals surface area contributed by atoms with Gasteiger partial charge in [0, 0.05) is 12.1 Å². The third kappa shape index (κ3) is 4.09. The molecule has 3 rings (SSSR count). The summed E-state index contributed by atoms with van der Waals surface area (Å²) in [5.41, 5.74) is 0.464. The van der Waals surface area contributed by atoms with Gasteiger partial charge in [0.05, 0.1) is 20.3 Å². The van der Waals surface area contributed by atoms with Crippen LogP contribution in [0.25, 0.3) is 0 Å². The van der Waals surface area contributed by atoms with Crippen LogP contribution in [0, 0.1) is 5.82 Å². The Hall–Kier alpha value is -2.60. The van der Waals surface area contributed by atoms with E-state index in [4.69, 9.17) is 14.2 Å². The Morgan fingerprint density at radius 2 is 1.92 bits per heavy atom. The van der Waals surface area contributed by atoms with Crippen molar-refractivity contribution in [2.24, 2.45) is 0 Å². The van der Waals surface area contributed by atoms with Crippen molar-refractivity contribution >= 4 is 5.91 Å². The Morgan fingerprint density at radius 3 is 2.68 bits per heavy atom.